The summed E-state index contributed by atoms with van der Waals surface area (Å²) in [6, 6.07) is 0.0327. The van der Waals surface area contributed by atoms with Gasteiger partial charge in [-0.25, -0.2) is 0 Å². The second-order valence-electron chi connectivity index (χ2n) is 5.02. The number of rotatable bonds is 1. The normalized spacial score (nSPS) is 36.1. The fraction of sp³-hybridized carbons (Fsp3) is 0.917. The minimum atomic E-state index is 0.0327. The third-order valence-electron chi connectivity index (χ3n) is 3.56. The largest absolute Gasteiger partial charge is 0.377 e. The lowest BCUT2D eigenvalue weighted by Gasteiger charge is -2.27. The number of carbonyl (C=O) groups excluding carboxylic acids is 1. The monoisotopic (exact) mass is 226 g/mol. The Morgan fingerprint density at radius 3 is 2.94 bits per heavy atom. The van der Waals surface area contributed by atoms with Crippen LogP contribution in [0.5, 0.6) is 0 Å². The van der Waals surface area contributed by atoms with Crippen LogP contribution in [0.15, 0.2) is 0 Å². The lowest BCUT2D eigenvalue weighted by atomic mass is 10.0. The van der Waals surface area contributed by atoms with Crippen molar-refractivity contribution in [3.8, 4) is 0 Å². The first-order chi connectivity index (χ1) is 7.68. The second-order valence-corrected chi connectivity index (χ2v) is 5.02. The highest BCUT2D eigenvalue weighted by Gasteiger charge is 2.33. The van der Waals surface area contributed by atoms with E-state index in [0.29, 0.717) is 5.92 Å². The lowest BCUT2D eigenvalue weighted by molar-refractivity contribution is -0.134. The molecule has 2 heterocycles. The number of ether oxygens (including phenoxy) is 1. The predicted molar refractivity (Wildman–Crippen MR) is 62.2 cm³/mol. The number of amides is 1. The summed E-state index contributed by atoms with van der Waals surface area (Å²) >= 11 is 0. The van der Waals surface area contributed by atoms with Gasteiger partial charge in [0, 0.05) is 19.7 Å². The van der Waals surface area contributed by atoms with Crippen molar-refractivity contribution in [3.63, 3.8) is 0 Å². The average Bonchev–Trinajstić information content (AvgIpc) is 2.55. The Bertz CT molecular complexity index is 257. The van der Waals surface area contributed by atoms with Gasteiger partial charge in [0.25, 0.3) is 0 Å². The molecule has 4 heteroatoms. The van der Waals surface area contributed by atoms with Gasteiger partial charge in [0.05, 0.1) is 12.1 Å². The molecule has 2 aliphatic rings. The van der Waals surface area contributed by atoms with E-state index in [2.05, 4.69) is 12.2 Å². The summed E-state index contributed by atoms with van der Waals surface area (Å²) < 4.78 is 5.56. The highest BCUT2D eigenvalue weighted by atomic mass is 16.5. The Morgan fingerprint density at radius 2 is 2.25 bits per heavy atom. The molecule has 1 N–H and O–H groups in total. The number of hydrogen-bond donors (Lipinski definition) is 1. The van der Waals surface area contributed by atoms with Crippen LogP contribution in [-0.4, -0.2) is 49.2 Å². The summed E-state index contributed by atoms with van der Waals surface area (Å²) in [6.07, 6.45) is 2.23. The van der Waals surface area contributed by atoms with Gasteiger partial charge in [-0.15, -0.1) is 0 Å². The zero-order valence-corrected chi connectivity index (χ0v) is 10.2. The number of hydrogen-bond acceptors (Lipinski definition) is 3. The lowest BCUT2D eigenvalue weighted by Crippen LogP contribution is -2.47. The van der Waals surface area contributed by atoms with Gasteiger partial charge >= 0.3 is 0 Å². The van der Waals surface area contributed by atoms with Crippen LogP contribution < -0.4 is 5.32 Å². The number of nitrogens with one attached hydrogen (secondary N) is 1. The number of carbonyl (C=O) groups is 1. The van der Waals surface area contributed by atoms with E-state index in [1.54, 1.807) is 0 Å². The molecule has 4 nitrogen and oxygen atoms in total. The van der Waals surface area contributed by atoms with Crippen molar-refractivity contribution in [2.45, 2.75) is 38.8 Å². The van der Waals surface area contributed by atoms with Gasteiger partial charge in [-0.2, -0.15) is 0 Å². The van der Waals surface area contributed by atoms with Crippen molar-refractivity contribution < 1.29 is 9.53 Å². The van der Waals surface area contributed by atoms with Crippen molar-refractivity contribution in [3.05, 3.63) is 0 Å². The van der Waals surface area contributed by atoms with E-state index in [-0.39, 0.29) is 18.1 Å². The van der Waals surface area contributed by atoms with Crippen LogP contribution in [0.1, 0.15) is 26.7 Å². The van der Waals surface area contributed by atoms with Crippen LogP contribution in [0, 0.1) is 5.92 Å². The maximum absolute atomic E-state index is 12.3. The van der Waals surface area contributed by atoms with E-state index in [9.17, 15) is 4.79 Å². The predicted octanol–water partition coefficient (Wildman–Crippen LogP) is 0.622. The standard InChI is InChI=1S/C12H22N2O2/c1-9-4-5-13-11(9)12(15)14-6-3-7-16-10(2)8-14/h9-11,13H,3-8H2,1-2H3. The second kappa shape index (κ2) is 5.15. The molecule has 2 fully saturated rings. The summed E-state index contributed by atoms with van der Waals surface area (Å²) in [7, 11) is 0. The average molecular weight is 226 g/mol. The molecule has 16 heavy (non-hydrogen) atoms. The molecule has 0 bridgehead atoms. The van der Waals surface area contributed by atoms with E-state index in [1.807, 2.05) is 11.8 Å². The Balaban J connectivity index is 1.97. The molecule has 0 aromatic rings. The van der Waals surface area contributed by atoms with Crippen molar-refractivity contribution >= 4 is 5.91 Å². The molecule has 0 spiro atoms. The van der Waals surface area contributed by atoms with Crippen LogP contribution in [-0.2, 0) is 9.53 Å². The fourth-order valence-corrected chi connectivity index (χ4v) is 2.56. The Kier molecular flexibility index (Phi) is 3.82. The van der Waals surface area contributed by atoms with Crippen LogP contribution in [0.25, 0.3) is 0 Å². The van der Waals surface area contributed by atoms with E-state index >= 15 is 0 Å². The quantitative estimate of drug-likeness (QED) is 0.713. The third-order valence-corrected chi connectivity index (χ3v) is 3.56. The summed E-state index contributed by atoms with van der Waals surface area (Å²) in [5.74, 6) is 0.731. The highest BCUT2D eigenvalue weighted by molar-refractivity contribution is 5.82. The van der Waals surface area contributed by atoms with Crippen LogP contribution >= 0.6 is 0 Å². The Morgan fingerprint density at radius 1 is 1.44 bits per heavy atom. The van der Waals surface area contributed by atoms with Gasteiger partial charge in [0.1, 0.15) is 0 Å². The fourth-order valence-electron chi connectivity index (χ4n) is 2.56. The van der Waals surface area contributed by atoms with Gasteiger partial charge in [-0.3, -0.25) is 4.79 Å². The van der Waals surface area contributed by atoms with Gasteiger partial charge in [-0.05, 0) is 32.2 Å². The summed E-state index contributed by atoms with van der Waals surface area (Å²) in [5, 5.41) is 3.31. The van der Waals surface area contributed by atoms with Crippen LogP contribution in [0.4, 0.5) is 0 Å². The third kappa shape index (κ3) is 2.55. The van der Waals surface area contributed by atoms with E-state index in [4.69, 9.17) is 4.74 Å². The van der Waals surface area contributed by atoms with Crippen molar-refractivity contribution in [1.29, 1.82) is 0 Å². The zero-order chi connectivity index (χ0) is 11.5. The highest BCUT2D eigenvalue weighted by Crippen LogP contribution is 2.18. The molecule has 0 aliphatic carbocycles. The van der Waals surface area contributed by atoms with Crippen LogP contribution in [0.2, 0.25) is 0 Å². The molecule has 0 aromatic carbocycles. The summed E-state index contributed by atoms with van der Waals surface area (Å²) in [6.45, 7) is 7.52. The van der Waals surface area contributed by atoms with E-state index < -0.39 is 0 Å². The number of nitrogens with zero attached hydrogens (tertiary/aromatic N) is 1. The summed E-state index contributed by atoms with van der Waals surface area (Å²) in [4.78, 5) is 14.3. The van der Waals surface area contributed by atoms with Crippen molar-refractivity contribution in [2.75, 3.05) is 26.2 Å². The first-order valence-electron chi connectivity index (χ1n) is 6.32. The summed E-state index contributed by atoms with van der Waals surface area (Å²) in [5.41, 5.74) is 0. The molecular weight excluding hydrogens is 204 g/mol. The maximum Gasteiger partial charge on any atom is 0.240 e. The molecule has 3 atom stereocenters. The van der Waals surface area contributed by atoms with Gasteiger partial charge in [0.15, 0.2) is 0 Å². The molecule has 2 aliphatic heterocycles. The first-order valence-corrected chi connectivity index (χ1v) is 6.32. The topological polar surface area (TPSA) is 41.6 Å². The van der Waals surface area contributed by atoms with E-state index in [0.717, 1.165) is 39.1 Å². The van der Waals surface area contributed by atoms with E-state index in [1.165, 1.54) is 0 Å². The molecular formula is C12H22N2O2. The van der Waals surface area contributed by atoms with Gasteiger partial charge in [0.2, 0.25) is 5.91 Å². The first kappa shape index (κ1) is 11.9. The van der Waals surface area contributed by atoms with Crippen molar-refractivity contribution in [2.24, 2.45) is 5.92 Å². The smallest absolute Gasteiger partial charge is 0.240 e. The molecule has 2 saturated heterocycles. The molecule has 3 unspecified atom stereocenters. The molecule has 0 radical (unpaired) electrons. The van der Waals surface area contributed by atoms with Gasteiger partial charge in [-0.1, -0.05) is 6.92 Å². The molecule has 2 rings (SSSR count). The van der Waals surface area contributed by atoms with Crippen LogP contribution in [0.3, 0.4) is 0 Å². The zero-order valence-electron chi connectivity index (χ0n) is 10.2. The van der Waals surface area contributed by atoms with Gasteiger partial charge < -0.3 is 15.0 Å². The maximum atomic E-state index is 12.3. The Labute approximate surface area is 97.3 Å². The SMILES string of the molecule is CC1CN(C(=O)C2NCCC2C)CCCO1. The van der Waals surface area contributed by atoms with Crippen molar-refractivity contribution in [1.82, 2.24) is 10.2 Å². The molecule has 92 valence electrons. The molecule has 0 aromatic heterocycles. The minimum Gasteiger partial charge on any atom is -0.377 e. The Hall–Kier alpha value is -0.610. The molecule has 0 saturated carbocycles. The minimum absolute atomic E-state index is 0.0327. The molecule has 1 amide bonds.